The van der Waals surface area contributed by atoms with Crippen LogP contribution in [0.15, 0.2) is 22.7 Å². The molecule has 4 heteroatoms. The third kappa shape index (κ3) is 1.54. The molecule has 0 aromatic carbocycles. The third-order valence-electron chi connectivity index (χ3n) is 0.759. The average molecular weight is 205 g/mol. The minimum atomic E-state index is -1.38. The summed E-state index contributed by atoms with van der Waals surface area (Å²) < 4.78 is 21.6. The molecule has 10 heavy (non-hydrogen) atoms. The summed E-state index contributed by atoms with van der Waals surface area (Å²) in [7, 11) is 0. The van der Waals surface area contributed by atoms with Crippen molar-refractivity contribution in [2.45, 2.75) is 0 Å². The Bertz CT molecular complexity index is 383. The molecule has 3 nitrogen and oxygen atoms in total. The van der Waals surface area contributed by atoms with Crippen molar-refractivity contribution in [3.05, 3.63) is 28.4 Å². The highest BCUT2D eigenvalue weighted by Crippen LogP contribution is 2.05. The Morgan fingerprint density at radius 3 is 3.10 bits per heavy atom. The van der Waals surface area contributed by atoms with Crippen molar-refractivity contribution in [3.8, 4) is 0 Å². The predicted octanol–water partition coefficient (Wildman–Crippen LogP) is 1.54. The first kappa shape index (κ1) is 4.08. The van der Waals surface area contributed by atoms with E-state index in [-0.39, 0.29) is 10.6 Å². The molecule has 0 spiro atoms. The van der Waals surface area contributed by atoms with Crippen LogP contribution in [0.5, 0.6) is 0 Å². The molecular formula is C6H4BrNO2. The molecule has 0 bridgehead atoms. The molecule has 1 aromatic rings. The fraction of sp³-hybridized carbons (Fsp3) is 0. The quantitative estimate of drug-likeness (QED) is 0.707. The number of pyridine rings is 1. The molecule has 0 atom stereocenters. The standard InChI is InChI=1S/C6H4BrNO2/c7-5-3-1-2-4(8-5)6(9)10/h1-3H,(H,9,10)/i1D,2D,3D. The molecule has 0 radical (unpaired) electrons. The minimum Gasteiger partial charge on any atom is -0.477 e. The van der Waals surface area contributed by atoms with Crippen LogP contribution in [0, 0.1) is 0 Å². The molecule has 0 aliphatic carbocycles. The lowest BCUT2D eigenvalue weighted by molar-refractivity contribution is 0.0690. The van der Waals surface area contributed by atoms with Gasteiger partial charge in [0.05, 0.1) is 4.11 Å². The van der Waals surface area contributed by atoms with Crippen LogP contribution >= 0.6 is 15.9 Å². The van der Waals surface area contributed by atoms with Gasteiger partial charge in [0.1, 0.15) is 10.3 Å². The summed E-state index contributed by atoms with van der Waals surface area (Å²) in [5.74, 6) is -1.38. The SMILES string of the molecule is [2H]c1c(Br)nc(C(=O)O)c([2H])c1[2H]. The minimum absolute atomic E-state index is 0.0362. The van der Waals surface area contributed by atoms with E-state index in [0.29, 0.717) is 0 Å². The van der Waals surface area contributed by atoms with Crippen molar-refractivity contribution in [3.63, 3.8) is 0 Å². The summed E-state index contributed by atoms with van der Waals surface area (Å²) in [5.41, 5.74) is -0.520. The summed E-state index contributed by atoms with van der Waals surface area (Å²) in [5, 5.41) is 8.56. The third-order valence-corrected chi connectivity index (χ3v) is 1.13. The maximum Gasteiger partial charge on any atom is 0.354 e. The van der Waals surface area contributed by atoms with Gasteiger partial charge in [-0.05, 0) is 28.0 Å². The number of nitrogens with zero attached hydrogens (tertiary/aromatic N) is 1. The number of aromatic carboxylic acids is 1. The van der Waals surface area contributed by atoms with E-state index in [1.165, 1.54) is 0 Å². The number of aromatic nitrogens is 1. The van der Waals surface area contributed by atoms with Crippen LogP contribution < -0.4 is 0 Å². The maximum absolute atomic E-state index is 10.5. The van der Waals surface area contributed by atoms with Crippen molar-refractivity contribution in [1.29, 1.82) is 0 Å². The molecule has 1 aromatic heterocycles. The van der Waals surface area contributed by atoms with Crippen LogP contribution in [-0.2, 0) is 0 Å². The van der Waals surface area contributed by atoms with E-state index in [2.05, 4.69) is 20.9 Å². The Hall–Kier alpha value is -0.900. The van der Waals surface area contributed by atoms with E-state index < -0.39 is 23.7 Å². The van der Waals surface area contributed by atoms with E-state index in [0.717, 1.165) is 0 Å². The highest BCUT2D eigenvalue weighted by atomic mass is 79.9. The largest absolute Gasteiger partial charge is 0.477 e. The van der Waals surface area contributed by atoms with Gasteiger partial charge in [-0.1, -0.05) is 6.04 Å². The Morgan fingerprint density at radius 2 is 2.50 bits per heavy atom. The molecule has 0 unspecified atom stereocenters. The molecule has 0 aliphatic heterocycles. The Kier molecular flexibility index (Phi) is 1.14. The van der Waals surface area contributed by atoms with Crippen LogP contribution in [0.2, 0.25) is 0 Å². The van der Waals surface area contributed by atoms with Gasteiger partial charge in [0.15, 0.2) is 0 Å². The number of carboxylic acid groups (broad SMARTS) is 1. The van der Waals surface area contributed by atoms with Crippen molar-refractivity contribution in [2.24, 2.45) is 0 Å². The zero-order valence-corrected chi connectivity index (χ0v) is 6.27. The number of carbonyl (C=O) groups is 1. The second-order valence-corrected chi connectivity index (χ2v) is 2.18. The molecule has 0 aliphatic rings. The van der Waals surface area contributed by atoms with Gasteiger partial charge in [0.2, 0.25) is 0 Å². The van der Waals surface area contributed by atoms with E-state index >= 15 is 0 Å². The summed E-state index contributed by atoms with van der Waals surface area (Å²) >= 11 is 2.83. The molecule has 0 amide bonds. The molecule has 0 fully saturated rings. The predicted molar refractivity (Wildman–Crippen MR) is 38.9 cm³/mol. The van der Waals surface area contributed by atoms with Gasteiger partial charge in [0, 0.05) is 0 Å². The van der Waals surface area contributed by atoms with Crippen LogP contribution in [0.4, 0.5) is 0 Å². The summed E-state index contributed by atoms with van der Waals surface area (Å²) in [4.78, 5) is 13.9. The van der Waals surface area contributed by atoms with Crippen LogP contribution in [-0.4, -0.2) is 16.1 Å². The molecule has 52 valence electrons. The van der Waals surface area contributed by atoms with Gasteiger partial charge < -0.3 is 5.11 Å². The second kappa shape index (κ2) is 2.79. The van der Waals surface area contributed by atoms with Gasteiger partial charge in [0.25, 0.3) is 0 Å². The first-order valence-electron chi connectivity index (χ1n) is 3.81. The highest BCUT2D eigenvalue weighted by molar-refractivity contribution is 9.10. The van der Waals surface area contributed by atoms with Crippen molar-refractivity contribution < 1.29 is 14.0 Å². The number of halogens is 1. The fourth-order valence-electron chi connectivity index (χ4n) is 0.397. The van der Waals surface area contributed by atoms with E-state index in [1.54, 1.807) is 0 Å². The van der Waals surface area contributed by atoms with E-state index in [9.17, 15) is 4.79 Å². The maximum atomic E-state index is 10.5. The van der Waals surface area contributed by atoms with Gasteiger partial charge >= 0.3 is 5.97 Å². The number of rotatable bonds is 1. The smallest absolute Gasteiger partial charge is 0.354 e. The van der Waals surface area contributed by atoms with Crippen LogP contribution in [0.25, 0.3) is 0 Å². The monoisotopic (exact) mass is 204 g/mol. The second-order valence-electron chi connectivity index (χ2n) is 1.43. The van der Waals surface area contributed by atoms with Gasteiger partial charge in [-0.2, -0.15) is 0 Å². The highest BCUT2D eigenvalue weighted by Gasteiger charge is 2.02. The summed E-state index contributed by atoms with van der Waals surface area (Å²) in [6.45, 7) is 0. The lowest BCUT2D eigenvalue weighted by Gasteiger charge is -1.91. The van der Waals surface area contributed by atoms with Gasteiger partial charge in [-0.3, -0.25) is 0 Å². The van der Waals surface area contributed by atoms with Gasteiger partial charge in [-0.25, -0.2) is 9.78 Å². The number of carboxylic acids is 1. The topological polar surface area (TPSA) is 50.2 Å². The molecule has 1 N–H and O–H groups in total. The Labute approximate surface area is 70.1 Å². The zero-order valence-electron chi connectivity index (χ0n) is 7.68. The van der Waals surface area contributed by atoms with Crippen molar-refractivity contribution in [1.82, 2.24) is 4.98 Å². The average Bonchev–Trinajstić information content (AvgIpc) is 2.07. The zero-order chi connectivity index (χ0) is 10.2. The molecule has 1 rings (SSSR count). The Balaban J connectivity index is 3.50. The van der Waals surface area contributed by atoms with Crippen LogP contribution in [0.1, 0.15) is 14.6 Å². The molecular weight excluding hydrogens is 198 g/mol. The first-order chi connectivity index (χ1) is 5.95. The lowest BCUT2D eigenvalue weighted by Crippen LogP contribution is -1.98. The van der Waals surface area contributed by atoms with E-state index in [4.69, 9.17) is 9.22 Å². The summed E-state index contributed by atoms with van der Waals surface area (Å²) in [6.07, 6.45) is 0. The number of hydrogen-bond acceptors (Lipinski definition) is 2. The van der Waals surface area contributed by atoms with Crippen molar-refractivity contribution >= 4 is 21.9 Å². The fourth-order valence-corrected chi connectivity index (χ4v) is 0.674. The van der Waals surface area contributed by atoms with Crippen molar-refractivity contribution in [2.75, 3.05) is 0 Å². The lowest BCUT2D eigenvalue weighted by atomic mass is 10.4. The first-order valence-corrected chi connectivity index (χ1v) is 3.11. The van der Waals surface area contributed by atoms with E-state index in [1.807, 2.05) is 0 Å². The molecule has 1 heterocycles. The Morgan fingerprint density at radius 1 is 1.80 bits per heavy atom. The van der Waals surface area contributed by atoms with Crippen LogP contribution in [0.3, 0.4) is 0 Å². The summed E-state index contributed by atoms with van der Waals surface area (Å²) in [6, 6.07) is -1.27. The van der Waals surface area contributed by atoms with Gasteiger partial charge in [-0.15, -0.1) is 0 Å². The molecule has 0 saturated heterocycles. The normalized spacial score (nSPS) is 13.5. The number of hydrogen-bond donors (Lipinski definition) is 1. The molecule has 0 saturated carbocycles.